The summed E-state index contributed by atoms with van der Waals surface area (Å²) in [4.78, 5) is 23.8. The molecule has 2 unspecified atom stereocenters. The molecular formula is C10H15NO4. The maximum absolute atomic E-state index is 11.5. The van der Waals surface area contributed by atoms with Gasteiger partial charge in [-0.05, 0) is 12.8 Å². The first-order valence-electron chi connectivity index (χ1n) is 5.29. The van der Waals surface area contributed by atoms with Crippen molar-refractivity contribution in [2.45, 2.75) is 25.4 Å². The van der Waals surface area contributed by atoms with Crippen molar-refractivity contribution in [2.75, 3.05) is 19.7 Å². The predicted molar refractivity (Wildman–Crippen MR) is 51.3 cm³/mol. The normalized spacial score (nSPS) is 31.2. The third kappa shape index (κ3) is 2.28. The number of aliphatic carboxylic acids is 1. The molecule has 2 atom stereocenters. The molecule has 5 nitrogen and oxygen atoms in total. The van der Waals surface area contributed by atoms with Gasteiger partial charge < -0.3 is 14.7 Å². The largest absolute Gasteiger partial charge is 0.481 e. The topological polar surface area (TPSA) is 66.8 Å². The molecule has 2 rings (SSSR count). The lowest BCUT2D eigenvalue weighted by Gasteiger charge is -2.19. The summed E-state index contributed by atoms with van der Waals surface area (Å²) in [6.07, 6.45) is 2.26. The number of carboxylic acid groups (broad SMARTS) is 1. The number of hydrogen-bond donors (Lipinski definition) is 1. The van der Waals surface area contributed by atoms with Crippen molar-refractivity contribution in [3.05, 3.63) is 0 Å². The van der Waals surface area contributed by atoms with Gasteiger partial charge in [0.15, 0.2) is 0 Å². The van der Waals surface area contributed by atoms with E-state index in [1.54, 1.807) is 4.90 Å². The molecule has 0 saturated carbocycles. The van der Waals surface area contributed by atoms with Gasteiger partial charge in [-0.2, -0.15) is 0 Å². The quantitative estimate of drug-likeness (QED) is 0.722. The SMILES string of the molecule is O=C(O)C1CC(=O)N(CC2CCCO2)C1. The number of rotatable bonds is 3. The molecule has 2 fully saturated rings. The van der Waals surface area contributed by atoms with E-state index in [1.807, 2.05) is 0 Å². The van der Waals surface area contributed by atoms with Gasteiger partial charge in [0.25, 0.3) is 0 Å². The number of carbonyl (C=O) groups is 2. The Bertz CT molecular complexity index is 273. The van der Waals surface area contributed by atoms with E-state index >= 15 is 0 Å². The molecule has 1 N–H and O–H groups in total. The molecule has 0 radical (unpaired) electrons. The molecule has 2 saturated heterocycles. The van der Waals surface area contributed by atoms with Crippen LogP contribution in [0, 0.1) is 5.92 Å². The lowest BCUT2D eigenvalue weighted by Crippen LogP contribution is -2.33. The molecule has 0 aromatic rings. The number of hydrogen-bond acceptors (Lipinski definition) is 3. The van der Waals surface area contributed by atoms with E-state index in [1.165, 1.54) is 0 Å². The zero-order valence-corrected chi connectivity index (χ0v) is 8.52. The molecule has 5 heteroatoms. The number of nitrogens with zero attached hydrogens (tertiary/aromatic N) is 1. The highest BCUT2D eigenvalue weighted by molar-refractivity contribution is 5.86. The third-order valence-electron chi connectivity index (χ3n) is 3.01. The van der Waals surface area contributed by atoms with Crippen molar-refractivity contribution in [3.63, 3.8) is 0 Å². The number of likely N-dealkylation sites (tertiary alicyclic amines) is 1. The van der Waals surface area contributed by atoms with Gasteiger partial charge in [-0.15, -0.1) is 0 Å². The molecule has 2 aliphatic rings. The van der Waals surface area contributed by atoms with Crippen LogP contribution in [0.25, 0.3) is 0 Å². The van der Waals surface area contributed by atoms with Gasteiger partial charge in [-0.3, -0.25) is 9.59 Å². The Hall–Kier alpha value is -1.10. The van der Waals surface area contributed by atoms with E-state index in [2.05, 4.69) is 0 Å². The van der Waals surface area contributed by atoms with Crippen LogP contribution in [0.15, 0.2) is 0 Å². The lowest BCUT2D eigenvalue weighted by molar-refractivity contribution is -0.141. The van der Waals surface area contributed by atoms with Gasteiger partial charge in [0.2, 0.25) is 5.91 Å². The van der Waals surface area contributed by atoms with Crippen molar-refractivity contribution < 1.29 is 19.4 Å². The third-order valence-corrected chi connectivity index (χ3v) is 3.01. The van der Waals surface area contributed by atoms with Crippen LogP contribution >= 0.6 is 0 Å². The van der Waals surface area contributed by atoms with Crippen molar-refractivity contribution >= 4 is 11.9 Å². The Kier molecular flexibility index (Phi) is 2.90. The van der Waals surface area contributed by atoms with Gasteiger partial charge in [0.1, 0.15) is 0 Å². The summed E-state index contributed by atoms with van der Waals surface area (Å²) in [5.41, 5.74) is 0. The monoisotopic (exact) mass is 213 g/mol. The Balaban J connectivity index is 1.87. The molecular weight excluding hydrogens is 198 g/mol. The maximum Gasteiger partial charge on any atom is 0.308 e. The van der Waals surface area contributed by atoms with Gasteiger partial charge in [-0.25, -0.2) is 0 Å². The van der Waals surface area contributed by atoms with Crippen LogP contribution in [0.3, 0.4) is 0 Å². The summed E-state index contributed by atoms with van der Waals surface area (Å²) in [6, 6.07) is 0. The van der Waals surface area contributed by atoms with Crippen molar-refractivity contribution in [1.29, 1.82) is 0 Å². The summed E-state index contributed by atoms with van der Waals surface area (Å²) < 4.78 is 5.42. The van der Waals surface area contributed by atoms with E-state index in [0.29, 0.717) is 13.1 Å². The Morgan fingerprint density at radius 1 is 1.60 bits per heavy atom. The Labute approximate surface area is 88.0 Å². The van der Waals surface area contributed by atoms with Gasteiger partial charge in [-0.1, -0.05) is 0 Å². The maximum atomic E-state index is 11.5. The first-order valence-corrected chi connectivity index (χ1v) is 5.29. The zero-order chi connectivity index (χ0) is 10.8. The average molecular weight is 213 g/mol. The van der Waals surface area contributed by atoms with E-state index in [-0.39, 0.29) is 18.4 Å². The van der Waals surface area contributed by atoms with Crippen LogP contribution in [0.2, 0.25) is 0 Å². The second kappa shape index (κ2) is 4.18. The molecule has 0 spiro atoms. The summed E-state index contributed by atoms with van der Waals surface area (Å²) in [6.45, 7) is 1.66. The van der Waals surface area contributed by atoms with E-state index < -0.39 is 11.9 Å². The van der Waals surface area contributed by atoms with E-state index in [0.717, 1.165) is 19.4 Å². The van der Waals surface area contributed by atoms with Crippen molar-refractivity contribution in [2.24, 2.45) is 5.92 Å². The fourth-order valence-corrected chi connectivity index (χ4v) is 2.15. The summed E-state index contributed by atoms with van der Waals surface area (Å²) in [5, 5.41) is 8.80. The molecule has 0 aromatic heterocycles. The number of ether oxygens (including phenoxy) is 1. The van der Waals surface area contributed by atoms with Crippen LogP contribution in [-0.4, -0.2) is 47.7 Å². The van der Waals surface area contributed by atoms with Gasteiger partial charge in [0, 0.05) is 26.1 Å². The molecule has 84 valence electrons. The molecule has 2 heterocycles. The summed E-state index contributed by atoms with van der Waals surface area (Å²) in [7, 11) is 0. The van der Waals surface area contributed by atoms with Gasteiger partial charge >= 0.3 is 5.97 Å². The lowest BCUT2D eigenvalue weighted by atomic mass is 10.1. The molecule has 0 bridgehead atoms. The van der Waals surface area contributed by atoms with Crippen LogP contribution in [0.4, 0.5) is 0 Å². The molecule has 0 aliphatic carbocycles. The van der Waals surface area contributed by atoms with Crippen LogP contribution in [0.5, 0.6) is 0 Å². The first kappa shape index (κ1) is 10.4. The van der Waals surface area contributed by atoms with Crippen LogP contribution in [0.1, 0.15) is 19.3 Å². The second-order valence-electron chi connectivity index (χ2n) is 4.17. The molecule has 1 amide bonds. The highest BCUT2D eigenvalue weighted by atomic mass is 16.5. The molecule has 2 aliphatic heterocycles. The predicted octanol–water partition coefficient (Wildman–Crippen LogP) is 0.0985. The molecule has 0 aromatic carbocycles. The number of carbonyl (C=O) groups excluding carboxylic acids is 1. The average Bonchev–Trinajstić information content (AvgIpc) is 2.77. The highest BCUT2D eigenvalue weighted by Gasteiger charge is 2.35. The van der Waals surface area contributed by atoms with Crippen molar-refractivity contribution in [1.82, 2.24) is 4.90 Å². The zero-order valence-electron chi connectivity index (χ0n) is 8.52. The van der Waals surface area contributed by atoms with Gasteiger partial charge in [0.05, 0.1) is 12.0 Å². The minimum absolute atomic E-state index is 0.0575. The first-order chi connectivity index (χ1) is 7.16. The standard InChI is InChI=1S/C10H15NO4/c12-9-4-7(10(13)14)5-11(9)6-8-2-1-3-15-8/h7-8H,1-6H2,(H,13,14). The van der Waals surface area contributed by atoms with E-state index in [9.17, 15) is 9.59 Å². The summed E-state index contributed by atoms with van der Waals surface area (Å²) >= 11 is 0. The number of carboxylic acids is 1. The highest BCUT2D eigenvalue weighted by Crippen LogP contribution is 2.21. The van der Waals surface area contributed by atoms with Crippen LogP contribution in [-0.2, 0) is 14.3 Å². The Morgan fingerprint density at radius 3 is 2.93 bits per heavy atom. The fraction of sp³-hybridized carbons (Fsp3) is 0.800. The Morgan fingerprint density at radius 2 is 2.40 bits per heavy atom. The number of amides is 1. The smallest absolute Gasteiger partial charge is 0.308 e. The van der Waals surface area contributed by atoms with Crippen molar-refractivity contribution in [3.8, 4) is 0 Å². The molecule has 15 heavy (non-hydrogen) atoms. The minimum atomic E-state index is -0.877. The van der Waals surface area contributed by atoms with Crippen LogP contribution < -0.4 is 0 Å². The summed E-state index contributed by atoms with van der Waals surface area (Å²) in [5.74, 6) is -1.46. The minimum Gasteiger partial charge on any atom is -0.481 e. The second-order valence-corrected chi connectivity index (χ2v) is 4.17. The van der Waals surface area contributed by atoms with E-state index in [4.69, 9.17) is 9.84 Å². The fourth-order valence-electron chi connectivity index (χ4n) is 2.15.